The quantitative estimate of drug-likeness (QED) is 0.727. The molecule has 1 fully saturated rings. The van der Waals surface area contributed by atoms with Crippen LogP contribution in [0.5, 0.6) is 0 Å². The molecular weight excluding hydrogens is 434 g/mol. The number of nitrogens with one attached hydrogen (secondary N) is 2. The van der Waals surface area contributed by atoms with Crippen molar-refractivity contribution in [1.82, 2.24) is 4.90 Å². The zero-order valence-electron chi connectivity index (χ0n) is 14.5. The average molecular weight is 453 g/mol. The van der Waals surface area contributed by atoms with Gasteiger partial charge < -0.3 is 15.4 Å². The van der Waals surface area contributed by atoms with Crippen molar-refractivity contribution in [2.75, 3.05) is 43.5 Å². The third-order valence-corrected chi connectivity index (χ3v) is 4.88. The first-order valence-electron chi connectivity index (χ1n) is 8.48. The highest BCUT2D eigenvalue weighted by atomic mass is 79.9. The van der Waals surface area contributed by atoms with Gasteiger partial charge in [0, 0.05) is 28.9 Å². The van der Waals surface area contributed by atoms with Crippen molar-refractivity contribution in [2.24, 2.45) is 0 Å². The van der Waals surface area contributed by atoms with Crippen molar-refractivity contribution in [1.29, 1.82) is 0 Å². The fraction of sp³-hybridized carbons (Fsp3) is 0.263. The van der Waals surface area contributed by atoms with Gasteiger partial charge >= 0.3 is 0 Å². The second-order valence-electron chi connectivity index (χ2n) is 6.09. The van der Waals surface area contributed by atoms with E-state index in [1.165, 1.54) is 0 Å². The highest BCUT2D eigenvalue weighted by Crippen LogP contribution is 2.23. The van der Waals surface area contributed by atoms with Gasteiger partial charge in [-0.05, 0) is 42.5 Å². The molecule has 8 heteroatoms. The third kappa shape index (κ3) is 5.77. The molecule has 0 spiro atoms. The van der Waals surface area contributed by atoms with E-state index < -0.39 is 0 Å². The Balaban J connectivity index is 1.55. The second-order valence-corrected chi connectivity index (χ2v) is 7.42. The Labute approximate surface area is 171 Å². The van der Waals surface area contributed by atoms with E-state index in [0.29, 0.717) is 41.7 Å². The molecule has 6 nitrogen and oxygen atoms in total. The smallest absolute Gasteiger partial charge is 0.257 e. The van der Waals surface area contributed by atoms with Crippen LogP contribution in [0.25, 0.3) is 0 Å². The van der Waals surface area contributed by atoms with Crippen LogP contribution in [0, 0.1) is 0 Å². The van der Waals surface area contributed by atoms with Gasteiger partial charge in [-0.1, -0.05) is 27.5 Å². The summed E-state index contributed by atoms with van der Waals surface area (Å²) in [6, 6.07) is 12.0. The molecule has 0 bridgehead atoms. The van der Waals surface area contributed by atoms with E-state index in [-0.39, 0.29) is 11.8 Å². The molecule has 2 aromatic rings. The number of halogens is 2. The maximum atomic E-state index is 12.3. The molecule has 142 valence electrons. The highest BCUT2D eigenvalue weighted by Gasteiger charge is 2.14. The first-order chi connectivity index (χ1) is 13.0. The predicted molar refractivity (Wildman–Crippen MR) is 109 cm³/mol. The Morgan fingerprint density at radius 1 is 1.04 bits per heavy atom. The lowest BCUT2D eigenvalue weighted by Crippen LogP contribution is -2.41. The maximum Gasteiger partial charge on any atom is 0.257 e. The minimum atomic E-state index is -0.295. The van der Waals surface area contributed by atoms with Gasteiger partial charge in [0.1, 0.15) is 0 Å². The molecule has 1 aliphatic heterocycles. The summed E-state index contributed by atoms with van der Waals surface area (Å²) in [5.74, 6) is -0.369. The number of rotatable bonds is 5. The van der Waals surface area contributed by atoms with E-state index in [4.69, 9.17) is 16.3 Å². The second kappa shape index (κ2) is 9.32. The molecule has 2 amide bonds. The van der Waals surface area contributed by atoms with E-state index >= 15 is 0 Å². The van der Waals surface area contributed by atoms with Gasteiger partial charge in [-0.2, -0.15) is 0 Å². The van der Waals surface area contributed by atoms with Crippen molar-refractivity contribution < 1.29 is 14.3 Å². The monoisotopic (exact) mass is 451 g/mol. The van der Waals surface area contributed by atoms with Gasteiger partial charge in [-0.3, -0.25) is 14.5 Å². The topological polar surface area (TPSA) is 70.7 Å². The van der Waals surface area contributed by atoms with E-state index in [1.807, 2.05) is 0 Å². The van der Waals surface area contributed by atoms with Crippen molar-refractivity contribution in [3.8, 4) is 0 Å². The Kier molecular flexibility index (Phi) is 6.84. The summed E-state index contributed by atoms with van der Waals surface area (Å²) in [6.07, 6.45) is 0. The molecular formula is C19H19BrClN3O3. The minimum absolute atomic E-state index is 0.0738. The Morgan fingerprint density at radius 3 is 2.30 bits per heavy atom. The van der Waals surface area contributed by atoms with Crippen molar-refractivity contribution in [3.05, 3.63) is 57.5 Å². The van der Waals surface area contributed by atoms with E-state index in [9.17, 15) is 9.59 Å². The third-order valence-electron chi connectivity index (χ3n) is 4.07. The molecule has 2 N–H and O–H groups in total. The number of amides is 2. The first kappa shape index (κ1) is 19.8. The maximum absolute atomic E-state index is 12.3. The molecule has 27 heavy (non-hydrogen) atoms. The molecule has 0 saturated carbocycles. The Hall–Kier alpha value is -1.93. The number of morpholine rings is 1. The molecule has 1 heterocycles. The molecule has 3 rings (SSSR count). The summed E-state index contributed by atoms with van der Waals surface area (Å²) < 4.78 is 6.08. The lowest BCUT2D eigenvalue weighted by molar-refractivity contribution is -0.118. The Morgan fingerprint density at radius 2 is 1.67 bits per heavy atom. The molecule has 0 atom stereocenters. The van der Waals surface area contributed by atoms with E-state index in [0.717, 1.165) is 17.6 Å². The van der Waals surface area contributed by atoms with Crippen LogP contribution in [0.1, 0.15) is 10.4 Å². The normalized spacial score (nSPS) is 14.6. The number of nitrogens with zero attached hydrogens (tertiary/aromatic N) is 1. The van der Waals surface area contributed by atoms with Crippen LogP contribution in [0.4, 0.5) is 11.4 Å². The van der Waals surface area contributed by atoms with Gasteiger partial charge in [0.15, 0.2) is 0 Å². The predicted octanol–water partition coefficient (Wildman–Crippen LogP) is 3.63. The van der Waals surface area contributed by atoms with Gasteiger partial charge in [-0.15, -0.1) is 0 Å². The number of hydrogen-bond donors (Lipinski definition) is 2. The molecule has 0 radical (unpaired) electrons. The summed E-state index contributed by atoms with van der Waals surface area (Å²) in [7, 11) is 0. The van der Waals surface area contributed by atoms with Gasteiger partial charge in [0.05, 0.1) is 30.3 Å². The first-order valence-corrected chi connectivity index (χ1v) is 9.65. The van der Waals surface area contributed by atoms with Crippen molar-refractivity contribution in [3.63, 3.8) is 0 Å². The van der Waals surface area contributed by atoms with Crippen LogP contribution in [0.3, 0.4) is 0 Å². The number of carbonyl (C=O) groups excluding carboxylic acids is 2. The molecule has 0 unspecified atom stereocenters. The zero-order valence-corrected chi connectivity index (χ0v) is 16.8. The summed E-state index contributed by atoms with van der Waals surface area (Å²) in [6.45, 7) is 3.17. The SMILES string of the molecule is O=C(CN1CCOCC1)Nc1ccc(NC(=O)c2ccc(Br)cc2Cl)cc1. The summed E-state index contributed by atoms with van der Waals surface area (Å²) >= 11 is 9.41. The average Bonchev–Trinajstić information content (AvgIpc) is 2.64. The van der Waals surface area contributed by atoms with Gasteiger partial charge in [0.25, 0.3) is 5.91 Å². The highest BCUT2D eigenvalue weighted by molar-refractivity contribution is 9.10. The number of ether oxygens (including phenoxy) is 1. The zero-order chi connectivity index (χ0) is 19.2. The van der Waals surface area contributed by atoms with Crippen LogP contribution < -0.4 is 10.6 Å². The number of hydrogen-bond acceptors (Lipinski definition) is 4. The lowest BCUT2D eigenvalue weighted by atomic mass is 10.2. The molecule has 2 aromatic carbocycles. The molecule has 1 aliphatic rings. The fourth-order valence-corrected chi connectivity index (χ4v) is 3.43. The largest absolute Gasteiger partial charge is 0.379 e. The van der Waals surface area contributed by atoms with Crippen molar-refractivity contribution in [2.45, 2.75) is 0 Å². The lowest BCUT2D eigenvalue weighted by Gasteiger charge is -2.25. The van der Waals surface area contributed by atoms with Crippen molar-refractivity contribution >= 4 is 50.7 Å². The number of anilines is 2. The summed E-state index contributed by atoms with van der Waals surface area (Å²) in [5, 5.41) is 6.02. The van der Waals surface area contributed by atoms with Crippen LogP contribution in [-0.4, -0.2) is 49.6 Å². The molecule has 0 aromatic heterocycles. The number of benzene rings is 2. The minimum Gasteiger partial charge on any atom is -0.379 e. The molecule has 0 aliphatic carbocycles. The van der Waals surface area contributed by atoms with E-state index in [1.54, 1.807) is 42.5 Å². The van der Waals surface area contributed by atoms with Crippen LogP contribution in [-0.2, 0) is 9.53 Å². The van der Waals surface area contributed by atoms with Gasteiger partial charge in [-0.25, -0.2) is 0 Å². The summed E-state index contributed by atoms with van der Waals surface area (Å²) in [5.41, 5.74) is 1.68. The standard InChI is InChI=1S/C19H19BrClN3O3/c20-13-1-6-16(17(21)11-13)19(26)23-15-4-2-14(3-5-15)22-18(25)12-24-7-9-27-10-8-24/h1-6,11H,7-10,12H2,(H,22,25)(H,23,26). The Bertz CT molecular complexity index is 823. The van der Waals surface area contributed by atoms with E-state index in [2.05, 4.69) is 31.5 Å². The van der Waals surface area contributed by atoms with Gasteiger partial charge in [0.2, 0.25) is 5.91 Å². The fourth-order valence-electron chi connectivity index (χ4n) is 2.67. The number of carbonyl (C=O) groups is 2. The van der Waals surface area contributed by atoms with Crippen LogP contribution >= 0.6 is 27.5 Å². The van der Waals surface area contributed by atoms with Crippen LogP contribution in [0.2, 0.25) is 5.02 Å². The summed E-state index contributed by atoms with van der Waals surface area (Å²) in [4.78, 5) is 26.5. The van der Waals surface area contributed by atoms with Crippen LogP contribution in [0.15, 0.2) is 46.9 Å². The molecule has 1 saturated heterocycles.